The Morgan fingerprint density at radius 2 is 2.14 bits per heavy atom. The molecule has 2 fully saturated rings. The molecule has 1 saturated heterocycles. The maximum atomic E-state index is 6.05. The fourth-order valence-electron chi connectivity index (χ4n) is 4.25. The van der Waals surface area contributed by atoms with Gasteiger partial charge in [0.15, 0.2) is 0 Å². The average molecular weight is 383 g/mol. The van der Waals surface area contributed by atoms with Crippen LogP contribution in [0.3, 0.4) is 0 Å². The first-order chi connectivity index (χ1) is 13.6. The SMILES string of the molecule is C=C/C=C(/CCNCC)C(=C)C.c1ccc(C2CCOC3(CCCC3)C2)nc1. The molecular formula is C25H38N2O. The van der Waals surface area contributed by atoms with E-state index in [0.29, 0.717) is 5.92 Å². The summed E-state index contributed by atoms with van der Waals surface area (Å²) in [6.07, 6.45) is 14.3. The predicted molar refractivity (Wildman–Crippen MR) is 120 cm³/mol. The molecule has 3 nitrogen and oxygen atoms in total. The lowest BCUT2D eigenvalue weighted by Crippen LogP contribution is -2.36. The van der Waals surface area contributed by atoms with E-state index in [-0.39, 0.29) is 5.60 Å². The summed E-state index contributed by atoms with van der Waals surface area (Å²) in [5.41, 5.74) is 3.89. The maximum absolute atomic E-state index is 6.05. The molecule has 0 radical (unpaired) electrons. The monoisotopic (exact) mass is 382 g/mol. The summed E-state index contributed by atoms with van der Waals surface area (Å²) in [6.45, 7) is 14.7. The third-order valence-electron chi connectivity index (χ3n) is 5.80. The minimum absolute atomic E-state index is 0.209. The second-order valence-corrected chi connectivity index (χ2v) is 7.99. The Hall–Kier alpha value is -1.71. The Morgan fingerprint density at radius 1 is 1.36 bits per heavy atom. The molecule has 2 heterocycles. The second-order valence-electron chi connectivity index (χ2n) is 7.99. The number of hydrogen-bond acceptors (Lipinski definition) is 3. The van der Waals surface area contributed by atoms with Crippen LogP contribution in [0, 0.1) is 0 Å². The molecule has 1 aromatic rings. The highest BCUT2D eigenvalue weighted by Crippen LogP contribution is 2.44. The van der Waals surface area contributed by atoms with E-state index in [9.17, 15) is 0 Å². The van der Waals surface area contributed by atoms with Crippen molar-refractivity contribution in [3.8, 4) is 0 Å². The van der Waals surface area contributed by atoms with Crippen LogP contribution in [0.2, 0.25) is 0 Å². The van der Waals surface area contributed by atoms with Crippen LogP contribution in [0.4, 0.5) is 0 Å². The average Bonchev–Trinajstić information content (AvgIpc) is 3.16. The molecule has 3 rings (SSSR count). The van der Waals surface area contributed by atoms with Crippen molar-refractivity contribution in [2.24, 2.45) is 0 Å². The third-order valence-corrected chi connectivity index (χ3v) is 5.80. The van der Waals surface area contributed by atoms with Crippen LogP contribution in [0.15, 0.2) is 60.9 Å². The smallest absolute Gasteiger partial charge is 0.0689 e. The molecule has 28 heavy (non-hydrogen) atoms. The van der Waals surface area contributed by atoms with Crippen molar-refractivity contribution in [3.63, 3.8) is 0 Å². The molecule has 0 amide bonds. The zero-order valence-corrected chi connectivity index (χ0v) is 17.9. The van der Waals surface area contributed by atoms with Gasteiger partial charge in [0.2, 0.25) is 0 Å². The molecule has 1 aliphatic carbocycles. The minimum atomic E-state index is 0.209. The van der Waals surface area contributed by atoms with Crippen molar-refractivity contribution < 1.29 is 4.74 Å². The topological polar surface area (TPSA) is 34.1 Å². The molecule has 1 N–H and O–H groups in total. The van der Waals surface area contributed by atoms with Crippen LogP contribution in [-0.2, 0) is 4.74 Å². The molecule has 1 saturated carbocycles. The molecule has 1 aromatic heterocycles. The number of allylic oxidation sites excluding steroid dienone is 3. The van der Waals surface area contributed by atoms with Gasteiger partial charge < -0.3 is 10.1 Å². The molecular weight excluding hydrogens is 344 g/mol. The molecule has 0 aromatic carbocycles. The zero-order chi connectivity index (χ0) is 20.2. The van der Waals surface area contributed by atoms with Gasteiger partial charge in [-0.3, -0.25) is 4.98 Å². The Bertz CT molecular complexity index is 629. The van der Waals surface area contributed by atoms with Gasteiger partial charge in [-0.1, -0.05) is 56.7 Å². The van der Waals surface area contributed by atoms with Crippen LogP contribution in [-0.4, -0.2) is 30.3 Å². The lowest BCUT2D eigenvalue weighted by Gasteiger charge is -2.38. The van der Waals surface area contributed by atoms with E-state index in [1.54, 1.807) is 0 Å². The number of hydrogen-bond donors (Lipinski definition) is 1. The molecule has 2 aliphatic rings. The van der Waals surface area contributed by atoms with E-state index in [2.05, 4.69) is 42.5 Å². The van der Waals surface area contributed by atoms with Crippen LogP contribution in [0.1, 0.15) is 70.4 Å². The number of rotatable bonds is 7. The van der Waals surface area contributed by atoms with Crippen LogP contribution in [0.25, 0.3) is 0 Å². The number of aromatic nitrogens is 1. The summed E-state index contributed by atoms with van der Waals surface area (Å²) < 4.78 is 6.05. The van der Waals surface area contributed by atoms with Gasteiger partial charge in [0.1, 0.15) is 0 Å². The van der Waals surface area contributed by atoms with E-state index in [4.69, 9.17) is 4.74 Å². The van der Waals surface area contributed by atoms with E-state index in [0.717, 1.165) is 38.1 Å². The minimum Gasteiger partial charge on any atom is -0.375 e. The Labute approximate surface area is 172 Å². The van der Waals surface area contributed by atoms with E-state index < -0.39 is 0 Å². The second kappa shape index (κ2) is 12.0. The standard InChI is InChI=1S/C14H19NO.C11H19N/c1-4-9-15-13(5-1)12-6-10-16-14(11-12)7-2-3-8-14;1-5-7-11(10(3)4)8-9-12-6-2/h1,4-5,9,12H,2-3,6-8,10-11H2;5,7,12H,1,3,6,8-9H2,2,4H3/b;11-7-. The fourth-order valence-corrected chi connectivity index (χ4v) is 4.25. The molecule has 1 spiro atoms. The molecule has 1 unspecified atom stereocenters. The molecule has 3 heteroatoms. The Balaban J connectivity index is 0.000000211. The van der Waals surface area contributed by atoms with Crippen LogP contribution >= 0.6 is 0 Å². The van der Waals surface area contributed by atoms with E-state index in [1.807, 2.05) is 31.3 Å². The Kier molecular flexibility index (Phi) is 9.66. The number of nitrogens with one attached hydrogen (secondary N) is 1. The van der Waals surface area contributed by atoms with Gasteiger partial charge in [-0.25, -0.2) is 0 Å². The molecule has 0 bridgehead atoms. The summed E-state index contributed by atoms with van der Waals surface area (Å²) in [4.78, 5) is 4.50. The predicted octanol–water partition coefficient (Wildman–Crippen LogP) is 5.96. The van der Waals surface area contributed by atoms with Gasteiger partial charge in [0, 0.05) is 24.4 Å². The normalized spacial score (nSPS) is 21.1. The summed E-state index contributed by atoms with van der Waals surface area (Å²) in [5, 5.41) is 3.28. The third kappa shape index (κ3) is 7.03. The maximum Gasteiger partial charge on any atom is 0.0689 e. The van der Waals surface area contributed by atoms with Crippen molar-refractivity contribution in [3.05, 3.63) is 66.5 Å². The van der Waals surface area contributed by atoms with Crippen molar-refractivity contribution in [2.45, 2.75) is 70.3 Å². The summed E-state index contributed by atoms with van der Waals surface area (Å²) in [7, 11) is 0. The highest BCUT2D eigenvalue weighted by molar-refractivity contribution is 5.29. The van der Waals surface area contributed by atoms with Gasteiger partial charge in [-0.2, -0.15) is 0 Å². The van der Waals surface area contributed by atoms with Gasteiger partial charge in [-0.15, -0.1) is 0 Å². The summed E-state index contributed by atoms with van der Waals surface area (Å²) in [6, 6.07) is 6.26. The van der Waals surface area contributed by atoms with Crippen molar-refractivity contribution >= 4 is 0 Å². The van der Waals surface area contributed by atoms with E-state index >= 15 is 0 Å². The van der Waals surface area contributed by atoms with Crippen LogP contribution < -0.4 is 5.32 Å². The van der Waals surface area contributed by atoms with Crippen molar-refractivity contribution in [1.29, 1.82) is 0 Å². The fraction of sp³-hybridized carbons (Fsp3) is 0.560. The molecule has 1 atom stereocenters. The number of ether oxygens (including phenoxy) is 1. The summed E-state index contributed by atoms with van der Waals surface area (Å²) in [5.74, 6) is 0.619. The zero-order valence-electron chi connectivity index (χ0n) is 17.9. The first kappa shape index (κ1) is 22.6. The van der Waals surface area contributed by atoms with Crippen LogP contribution in [0.5, 0.6) is 0 Å². The van der Waals surface area contributed by atoms with Gasteiger partial charge in [-0.05, 0) is 69.8 Å². The molecule has 154 valence electrons. The largest absolute Gasteiger partial charge is 0.375 e. The summed E-state index contributed by atoms with van der Waals surface area (Å²) >= 11 is 0. The van der Waals surface area contributed by atoms with Crippen molar-refractivity contribution in [2.75, 3.05) is 19.7 Å². The first-order valence-corrected chi connectivity index (χ1v) is 10.8. The van der Waals surface area contributed by atoms with Gasteiger partial charge in [0.25, 0.3) is 0 Å². The Morgan fingerprint density at radius 3 is 2.75 bits per heavy atom. The lowest BCUT2D eigenvalue weighted by molar-refractivity contribution is -0.0809. The number of pyridine rings is 1. The quantitative estimate of drug-likeness (QED) is 0.466. The van der Waals surface area contributed by atoms with Crippen molar-refractivity contribution in [1.82, 2.24) is 10.3 Å². The number of nitrogens with zero attached hydrogens (tertiary/aromatic N) is 1. The first-order valence-electron chi connectivity index (χ1n) is 10.8. The van der Waals surface area contributed by atoms with Gasteiger partial charge in [0.05, 0.1) is 5.60 Å². The van der Waals surface area contributed by atoms with E-state index in [1.165, 1.54) is 43.4 Å². The van der Waals surface area contributed by atoms with Gasteiger partial charge >= 0.3 is 0 Å². The highest BCUT2D eigenvalue weighted by atomic mass is 16.5. The molecule has 1 aliphatic heterocycles. The highest BCUT2D eigenvalue weighted by Gasteiger charge is 2.40. The lowest BCUT2D eigenvalue weighted by atomic mass is 9.83.